The molecule has 7 heteroatoms. The summed E-state index contributed by atoms with van der Waals surface area (Å²) in [7, 11) is 0. The number of benzene rings is 2. The molecule has 1 atom stereocenters. The van der Waals surface area contributed by atoms with Crippen LogP contribution in [0.2, 0.25) is 5.02 Å². The van der Waals surface area contributed by atoms with Crippen LogP contribution in [0.5, 0.6) is 0 Å². The highest BCUT2D eigenvalue weighted by molar-refractivity contribution is 7.84. The molecule has 156 valence electrons. The molecule has 0 saturated heterocycles. The van der Waals surface area contributed by atoms with Crippen molar-refractivity contribution in [3.63, 3.8) is 0 Å². The van der Waals surface area contributed by atoms with Crippen LogP contribution in [-0.2, 0) is 24.2 Å². The number of allylic oxidation sites excluding steroid dienone is 2. The molecule has 2 aromatic carbocycles. The van der Waals surface area contributed by atoms with Gasteiger partial charge in [0.1, 0.15) is 11.9 Å². The lowest BCUT2D eigenvalue weighted by molar-refractivity contribution is -0.139. The fraction of sp³-hybridized carbons (Fsp3) is 0.217. The third-order valence-corrected chi connectivity index (χ3v) is 5.43. The zero-order valence-electron chi connectivity index (χ0n) is 16.6. The van der Waals surface area contributed by atoms with Crippen LogP contribution in [0.3, 0.4) is 0 Å². The number of carbonyl (C=O) groups is 1. The molecule has 0 spiro atoms. The molecule has 3 N–H and O–H groups in total. The molecule has 0 aliphatic heterocycles. The molecule has 0 bridgehead atoms. The molecule has 0 fully saturated rings. The van der Waals surface area contributed by atoms with Crippen LogP contribution < -0.4 is 5.32 Å². The van der Waals surface area contributed by atoms with Crippen molar-refractivity contribution in [3.8, 4) is 0 Å². The molecule has 30 heavy (non-hydrogen) atoms. The molecule has 0 amide bonds. The summed E-state index contributed by atoms with van der Waals surface area (Å²) in [6.07, 6.45) is 2.72. The fourth-order valence-corrected chi connectivity index (χ4v) is 3.53. The summed E-state index contributed by atoms with van der Waals surface area (Å²) in [5.41, 5.74) is 3.71. The first-order valence-electron chi connectivity index (χ1n) is 9.60. The third kappa shape index (κ3) is 5.98. The molecule has 0 radical (unpaired) electrons. The van der Waals surface area contributed by atoms with Gasteiger partial charge >= 0.3 is 5.97 Å². The summed E-state index contributed by atoms with van der Waals surface area (Å²) < 4.78 is 0. The van der Waals surface area contributed by atoms with E-state index in [1.807, 2.05) is 61.5 Å². The molecule has 0 aliphatic carbocycles. The number of aromatic amines is 1. The molecule has 1 heterocycles. The Bertz CT molecular complexity index is 1030. The zero-order valence-corrected chi connectivity index (χ0v) is 18.3. The Morgan fingerprint density at radius 1 is 1.20 bits per heavy atom. The van der Waals surface area contributed by atoms with E-state index in [1.165, 1.54) is 0 Å². The average molecular weight is 442 g/mol. The summed E-state index contributed by atoms with van der Waals surface area (Å²) in [6.45, 7) is 2.28. The van der Waals surface area contributed by atoms with Crippen LogP contribution in [-0.4, -0.2) is 27.1 Å². The Hall–Kier alpha value is -2.54. The highest BCUT2D eigenvalue weighted by Gasteiger charge is 2.18. The van der Waals surface area contributed by atoms with Crippen molar-refractivity contribution >= 4 is 35.8 Å². The van der Waals surface area contributed by atoms with Crippen molar-refractivity contribution in [3.05, 3.63) is 93.4 Å². The van der Waals surface area contributed by atoms with Gasteiger partial charge in [-0.2, -0.15) is 0 Å². The van der Waals surface area contributed by atoms with Gasteiger partial charge in [-0.1, -0.05) is 60.1 Å². The molecule has 0 saturated carbocycles. The van der Waals surface area contributed by atoms with Gasteiger partial charge in [-0.05, 0) is 35.4 Å². The van der Waals surface area contributed by atoms with E-state index in [0.717, 1.165) is 27.3 Å². The molecule has 1 aromatic heterocycles. The summed E-state index contributed by atoms with van der Waals surface area (Å²) in [5.74, 6) is -0.182. The molecule has 3 rings (SSSR count). The van der Waals surface area contributed by atoms with Gasteiger partial charge in [0.05, 0.1) is 0 Å². The average Bonchev–Trinajstić information content (AvgIpc) is 3.19. The largest absolute Gasteiger partial charge is 0.480 e. The van der Waals surface area contributed by atoms with Crippen LogP contribution in [0.25, 0.3) is 5.57 Å². The SMILES string of the molecule is CC(S)=C(Cc1ccccc1Cl)c1ncc(CN[C@@H](Cc2ccccc2)C(=O)O)[nH]1. The lowest BCUT2D eigenvalue weighted by Crippen LogP contribution is -2.38. The van der Waals surface area contributed by atoms with E-state index in [-0.39, 0.29) is 0 Å². The lowest BCUT2D eigenvalue weighted by Gasteiger charge is -2.14. The number of rotatable bonds is 9. The van der Waals surface area contributed by atoms with Gasteiger partial charge in [0.25, 0.3) is 0 Å². The van der Waals surface area contributed by atoms with Crippen LogP contribution in [0, 0.1) is 0 Å². The van der Waals surface area contributed by atoms with Gasteiger partial charge < -0.3 is 10.1 Å². The van der Waals surface area contributed by atoms with Crippen LogP contribution in [0.15, 0.2) is 65.7 Å². The molecule has 3 aromatic rings. The van der Waals surface area contributed by atoms with Gasteiger partial charge in [-0.15, -0.1) is 12.6 Å². The van der Waals surface area contributed by atoms with E-state index in [2.05, 4.69) is 27.9 Å². The number of aliphatic carboxylic acids is 1. The summed E-state index contributed by atoms with van der Waals surface area (Å²) >= 11 is 10.8. The number of aromatic nitrogens is 2. The number of imidazole rings is 1. The number of halogens is 1. The minimum Gasteiger partial charge on any atom is -0.480 e. The first kappa shape index (κ1) is 22.2. The lowest BCUT2D eigenvalue weighted by atomic mass is 10.0. The van der Waals surface area contributed by atoms with E-state index in [9.17, 15) is 9.90 Å². The normalized spacial score (nSPS) is 13.0. The third-order valence-electron chi connectivity index (χ3n) is 4.80. The van der Waals surface area contributed by atoms with E-state index in [4.69, 9.17) is 11.6 Å². The van der Waals surface area contributed by atoms with Crippen LogP contribution in [0.1, 0.15) is 29.6 Å². The number of hydrogen-bond acceptors (Lipinski definition) is 4. The zero-order chi connectivity index (χ0) is 21.5. The molecule has 0 aliphatic rings. The van der Waals surface area contributed by atoms with Crippen molar-refractivity contribution < 1.29 is 9.90 Å². The van der Waals surface area contributed by atoms with Crippen molar-refractivity contribution in [2.45, 2.75) is 32.4 Å². The molecular formula is C23H24ClN3O2S. The van der Waals surface area contributed by atoms with Crippen molar-refractivity contribution in [2.75, 3.05) is 0 Å². The first-order valence-corrected chi connectivity index (χ1v) is 10.4. The second-order valence-corrected chi connectivity index (χ2v) is 8.13. The van der Waals surface area contributed by atoms with E-state index >= 15 is 0 Å². The highest BCUT2D eigenvalue weighted by atomic mass is 35.5. The van der Waals surface area contributed by atoms with E-state index in [1.54, 1.807) is 6.20 Å². The maximum atomic E-state index is 11.6. The van der Waals surface area contributed by atoms with Gasteiger partial charge in [0.15, 0.2) is 0 Å². The van der Waals surface area contributed by atoms with Crippen molar-refractivity contribution in [1.82, 2.24) is 15.3 Å². The number of H-pyrrole nitrogens is 1. The summed E-state index contributed by atoms with van der Waals surface area (Å²) in [6, 6.07) is 16.6. The Labute approximate surface area is 186 Å². The Balaban J connectivity index is 1.69. The van der Waals surface area contributed by atoms with Gasteiger partial charge in [-0.25, -0.2) is 4.98 Å². The first-order chi connectivity index (χ1) is 14.4. The monoisotopic (exact) mass is 441 g/mol. The molecule has 0 unspecified atom stereocenters. The number of nitrogens with one attached hydrogen (secondary N) is 2. The predicted molar refractivity (Wildman–Crippen MR) is 124 cm³/mol. The fourth-order valence-electron chi connectivity index (χ4n) is 3.15. The maximum absolute atomic E-state index is 11.6. The molecule has 5 nitrogen and oxygen atoms in total. The second-order valence-electron chi connectivity index (χ2n) is 7.05. The van der Waals surface area contributed by atoms with Gasteiger partial charge in [0.2, 0.25) is 0 Å². The van der Waals surface area contributed by atoms with Crippen LogP contribution >= 0.6 is 24.2 Å². The minimum atomic E-state index is -0.885. The Morgan fingerprint density at radius 2 is 1.90 bits per heavy atom. The highest BCUT2D eigenvalue weighted by Crippen LogP contribution is 2.26. The summed E-state index contributed by atoms with van der Waals surface area (Å²) in [4.78, 5) is 20.2. The van der Waals surface area contributed by atoms with Gasteiger partial charge in [0, 0.05) is 35.5 Å². The smallest absolute Gasteiger partial charge is 0.321 e. The Kier molecular flexibility index (Phi) is 7.74. The van der Waals surface area contributed by atoms with E-state index in [0.29, 0.717) is 30.2 Å². The number of hydrogen-bond donors (Lipinski definition) is 4. The topological polar surface area (TPSA) is 78.0 Å². The Morgan fingerprint density at radius 3 is 2.57 bits per heavy atom. The number of carboxylic acid groups (broad SMARTS) is 1. The number of carboxylic acids is 1. The van der Waals surface area contributed by atoms with Crippen molar-refractivity contribution in [1.29, 1.82) is 0 Å². The van der Waals surface area contributed by atoms with E-state index < -0.39 is 12.0 Å². The number of thiol groups is 1. The summed E-state index contributed by atoms with van der Waals surface area (Å²) in [5, 5.41) is 13.3. The predicted octanol–water partition coefficient (Wildman–Crippen LogP) is 4.75. The van der Waals surface area contributed by atoms with Crippen LogP contribution in [0.4, 0.5) is 0 Å². The quantitative estimate of drug-likeness (QED) is 0.361. The second kappa shape index (κ2) is 10.5. The maximum Gasteiger partial charge on any atom is 0.321 e. The van der Waals surface area contributed by atoms with Crippen molar-refractivity contribution in [2.24, 2.45) is 0 Å². The van der Waals surface area contributed by atoms with Gasteiger partial charge in [-0.3, -0.25) is 10.1 Å². The molecular weight excluding hydrogens is 418 g/mol. The standard InChI is InChI=1S/C23H24ClN3O2S/c1-15(30)19(12-17-9-5-6-10-20(17)24)22-26-14-18(27-22)13-25-21(23(28)29)11-16-7-3-2-4-8-16/h2-10,14,21,25,30H,11-13H2,1H3,(H,26,27)(H,28,29)/t21-/m0/s1. The minimum absolute atomic E-state index is 0.363. The number of nitrogens with zero attached hydrogens (tertiary/aromatic N) is 1.